The van der Waals surface area contributed by atoms with E-state index in [1.54, 1.807) is 24.3 Å². The number of hydrogen-bond acceptors (Lipinski definition) is 4. The van der Waals surface area contributed by atoms with Crippen LogP contribution in [0.2, 0.25) is 0 Å². The Morgan fingerprint density at radius 3 is 1.82 bits per heavy atom. The number of allylic oxidation sites excluding steroid dienone is 2. The van der Waals surface area contributed by atoms with Crippen molar-refractivity contribution in [3.05, 3.63) is 46.1 Å². The Kier molecular flexibility index (Phi) is 6.28. The number of carboxylic acid groups (broad SMARTS) is 1. The molecule has 0 aromatic heterocycles. The first-order valence-electron chi connectivity index (χ1n) is 5.21. The molecule has 0 unspecified atom stereocenters. The number of aliphatic carboxylic acids is 1. The van der Waals surface area contributed by atoms with Crippen LogP contribution < -0.4 is 5.73 Å². The minimum absolute atomic E-state index is 0. The van der Waals surface area contributed by atoms with Crippen molar-refractivity contribution in [3.8, 4) is 0 Å². The third-order valence-corrected chi connectivity index (χ3v) is 2.71. The van der Waals surface area contributed by atoms with Gasteiger partial charge in [0.05, 0.1) is 0 Å². The number of ketones is 2. The van der Waals surface area contributed by atoms with Crippen molar-refractivity contribution in [1.29, 1.82) is 0 Å². The van der Waals surface area contributed by atoms with Crippen molar-refractivity contribution in [1.82, 2.24) is 0 Å². The van der Waals surface area contributed by atoms with Gasteiger partial charge in [0.15, 0.2) is 0 Å². The van der Waals surface area contributed by atoms with E-state index < -0.39 is 12.1 Å². The zero-order chi connectivity index (χ0) is 16.4. The highest BCUT2D eigenvalue weighted by molar-refractivity contribution is 6.49. The van der Waals surface area contributed by atoms with Gasteiger partial charge in [0.1, 0.15) is 10.7 Å². The van der Waals surface area contributed by atoms with Gasteiger partial charge in [0.25, 0.3) is 0 Å². The van der Waals surface area contributed by atoms with Gasteiger partial charge in [-0.2, -0.15) is 13.2 Å². The molecule has 0 heterocycles. The molecule has 1 aliphatic rings. The summed E-state index contributed by atoms with van der Waals surface area (Å²) in [5.74, 6) is -3.53. The van der Waals surface area contributed by atoms with Crippen LogP contribution in [-0.4, -0.2) is 34.3 Å². The summed E-state index contributed by atoms with van der Waals surface area (Å²) >= 11 is 5.62. The maximum atomic E-state index is 11.6. The number of fused-ring (bicyclic) bond motifs is 1. The smallest absolute Gasteiger partial charge is 0.475 e. The van der Waals surface area contributed by atoms with Gasteiger partial charge >= 0.3 is 12.1 Å². The monoisotopic (exact) mass is 339 g/mol. The molecule has 0 saturated carbocycles. The summed E-state index contributed by atoms with van der Waals surface area (Å²) in [4.78, 5) is 32.0. The number of carbonyl (C=O) groups is 3. The molecule has 2 rings (SSSR count). The zero-order valence-corrected chi connectivity index (χ0v) is 11.3. The third-order valence-electron chi connectivity index (χ3n) is 2.34. The number of benzene rings is 1. The Labute approximate surface area is 126 Å². The largest absolute Gasteiger partial charge is 0.490 e. The van der Waals surface area contributed by atoms with Crippen LogP contribution in [0.4, 0.5) is 13.2 Å². The van der Waals surface area contributed by atoms with Crippen molar-refractivity contribution < 1.29 is 38.1 Å². The molecule has 1 aliphatic carbocycles. The minimum atomic E-state index is -5.08. The van der Waals surface area contributed by atoms with Crippen LogP contribution in [0.1, 0.15) is 20.7 Å². The number of Topliss-reactive ketones (excluding diaryl/α,β-unsaturated/α-hetero) is 2. The highest BCUT2D eigenvalue weighted by Gasteiger charge is 2.38. The first-order chi connectivity index (χ1) is 9.57. The fourth-order valence-electron chi connectivity index (χ4n) is 1.36. The van der Waals surface area contributed by atoms with Crippen molar-refractivity contribution in [2.75, 3.05) is 0 Å². The van der Waals surface area contributed by atoms with Crippen LogP contribution >= 0.6 is 11.6 Å². The minimum Gasteiger partial charge on any atom is -0.475 e. The first-order valence-corrected chi connectivity index (χ1v) is 5.59. The van der Waals surface area contributed by atoms with E-state index in [0.717, 1.165) is 0 Å². The molecule has 1 aromatic rings. The number of halogens is 4. The summed E-state index contributed by atoms with van der Waals surface area (Å²) in [6.45, 7) is 0. The molecule has 120 valence electrons. The lowest BCUT2D eigenvalue weighted by Crippen LogP contribution is -2.24. The Morgan fingerprint density at radius 2 is 1.45 bits per heavy atom. The Balaban J connectivity index is 0.000000478. The molecule has 0 fully saturated rings. The highest BCUT2D eigenvalue weighted by atomic mass is 35.5. The van der Waals surface area contributed by atoms with Crippen molar-refractivity contribution in [2.45, 2.75) is 6.18 Å². The molecule has 22 heavy (non-hydrogen) atoms. The van der Waals surface area contributed by atoms with Gasteiger partial charge in [-0.1, -0.05) is 35.9 Å². The molecular formula is C12H9ClF3NO5. The second-order valence-electron chi connectivity index (χ2n) is 3.73. The SMILES string of the molecule is NC1=C(Cl)C(=O)c2ccccc2C1=O.O.O=C(O)C(F)(F)F. The Hall–Kier alpha value is -2.39. The van der Waals surface area contributed by atoms with Gasteiger partial charge in [-0.05, 0) is 0 Å². The summed E-state index contributed by atoms with van der Waals surface area (Å²) in [7, 11) is 0. The number of nitrogens with two attached hydrogens (primary N) is 1. The number of carboxylic acids is 1. The Bertz CT molecular complexity index is 611. The number of rotatable bonds is 0. The number of hydrogen-bond donors (Lipinski definition) is 2. The highest BCUT2D eigenvalue weighted by Crippen LogP contribution is 2.25. The molecule has 0 atom stereocenters. The summed E-state index contributed by atoms with van der Waals surface area (Å²) in [5.41, 5.74) is 5.87. The molecule has 0 saturated heterocycles. The fourth-order valence-corrected chi connectivity index (χ4v) is 1.55. The van der Waals surface area contributed by atoms with Crippen molar-refractivity contribution in [3.63, 3.8) is 0 Å². The average Bonchev–Trinajstić information content (AvgIpc) is 2.42. The van der Waals surface area contributed by atoms with E-state index in [1.807, 2.05) is 0 Å². The van der Waals surface area contributed by atoms with E-state index >= 15 is 0 Å². The van der Waals surface area contributed by atoms with Gasteiger partial charge in [0, 0.05) is 11.1 Å². The molecule has 0 bridgehead atoms. The molecule has 0 aliphatic heterocycles. The van der Waals surface area contributed by atoms with E-state index in [2.05, 4.69) is 0 Å². The lowest BCUT2D eigenvalue weighted by Gasteiger charge is -2.13. The molecule has 0 spiro atoms. The molecule has 5 N–H and O–H groups in total. The van der Waals surface area contributed by atoms with Gasteiger partial charge < -0.3 is 16.3 Å². The fraction of sp³-hybridized carbons (Fsp3) is 0.0833. The predicted octanol–water partition coefficient (Wildman–Crippen LogP) is 1.28. The van der Waals surface area contributed by atoms with Crippen LogP contribution in [0.15, 0.2) is 35.0 Å². The predicted molar refractivity (Wildman–Crippen MR) is 69.5 cm³/mol. The summed E-state index contributed by atoms with van der Waals surface area (Å²) in [6, 6.07) is 6.47. The molecule has 1 aromatic carbocycles. The van der Waals surface area contributed by atoms with Crippen LogP contribution in [0, 0.1) is 0 Å². The summed E-state index contributed by atoms with van der Waals surface area (Å²) < 4.78 is 31.7. The van der Waals surface area contributed by atoms with E-state index in [0.29, 0.717) is 11.1 Å². The maximum Gasteiger partial charge on any atom is 0.490 e. The van der Waals surface area contributed by atoms with E-state index in [9.17, 15) is 22.8 Å². The summed E-state index contributed by atoms with van der Waals surface area (Å²) in [6.07, 6.45) is -5.08. The third kappa shape index (κ3) is 4.06. The molecule has 10 heteroatoms. The standard InChI is InChI=1S/C10H6ClNO2.C2HF3O2.H2O/c11-7-8(12)10(14)6-4-2-1-3-5(6)9(7)13;3-2(4,5)1(6)7;/h1-4H,12H2;(H,6,7);1H2. The van der Waals surface area contributed by atoms with E-state index in [-0.39, 0.29) is 27.8 Å². The van der Waals surface area contributed by atoms with Crippen molar-refractivity contribution in [2.24, 2.45) is 5.73 Å². The number of alkyl halides is 3. The molecular weight excluding hydrogens is 331 g/mol. The van der Waals surface area contributed by atoms with Gasteiger partial charge in [-0.15, -0.1) is 0 Å². The zero-order valence-electron chi connectivity index (χ0n) is 10.6. The quantitative estimate of drug-likeness (QED) is 0.735. The van der Waals surface area contributed by atoms with Crippen LogP contribution in [0.25, 0.3) is 0 Å². The normalized spacial score (nSPS) is 13.6. The van der Waals surface area contributed by atoms with Gasteiger partial charge in [0.2, 0.25) is 11.6 Å². The summed E-state index contributed by atoms with van der Waals surface area (Å²) in [5, 5.41) is 6.94. The van der Waals surface area contributed by atoms with Crippen molar-refractivity contribution >= 4 is 29.1 Å². The number of carbonyl (C=O) groups excluding carboxylic acids is 2. The Morgan fingerprint density at radius 1 is 1.09 bits per heavy atom. The molecule has 6 nitrogen and oxygen atoms in total. The van der Waals surface area contributed by atoms with Gasteiger partial charge in [-0.3, -0.25) is 9.59 Å². The first kappa shape index (κ1) is 19.6. The second-order valence-corrected chi connectivity index (χ2v) is 4.11. The van der Waals surface area contributed by atoms with Crippen LogP contribution in [-0.2, 0) is 4.79 Å². The van der Waals surface area contributed by atoms with Crippen LogP contribution in [0.3, 0.4) is 0 Å². The lowest BCUT2D eigenvalue weighted by molar-refractivity contribution is -0.192. The molecule has 0 amide bonds. The van der Waals surface area contributed by atoms with Crippen LogP contribution in [0.5, 0.6) is 0 Å². The van der Waals surface area contributed by atoms with E-state index in [1.165, 1.54) is 0 Å². The van der Waals surface area contributed by atoms with E-state index in [4.69, 9.17) is 27.2 Å². The topological polar surface area (TPSA) is 129 Å². The maximum absolute atomic E-state index is 11.6. The lowest BCUT2D eigenvalue weighted by atomic mass is 9.93. The van der Waals surface area contributed by atoms with Gasteiger partial charge in [-0.25, -0.2) is 4.79 Å². The average molecular weight is 340 g/mol. The molecule has 0 radical (unpaired) electrons. The second kappa shape index (κ2) is 7.05.